The average molecular weight is 431 g/mol. The standard InChI is InChI=1S/C23H38N6O2/c1-16-20(22(24)30-26-16)14-28-10-6-18(7-11-28)4-3-5-19-8-12-29(13-9-19)15-21-17(2)27-31-23(21)25/h18-19H,3-15,24-25H2,1-2H3. The summed E-state index contributed by atoms with van der Waals surface area (Å²) in [5, 5.41) is 7.94. The van der Waals surface area contributed by atoms with Gasteiger partial charge in [-0.15, -0.1) is 0 Å². The Bertz CT molecular complexity index is 724. The van der Waals surface area contributed by atoms with E-state index in [1.54, 1.807) is 0 Å². The quantitative estimate of drug-likeness (QED) is 0.652. The molecule has 0 bridgehead atoms. The molecule has 0 unspecified atom stereocenters. The number of hydrogen-bond acceptors (Lipinski definition) is 8. The summed E-state index contributed by atoms with van der Waals surface area (Å²) in [6.45, 7) is 10.3. The van der Waals surface area contributed by atoms with Crippen LogP contribution < -0.4 is 11.5 Å². The van der Waals surface area contributed by atoms with Crippen LogP contribution in [-0.2, 0) is 13.1 Å². The fraction of sp³-hybridized carbons (Fsp3) is 0.739. The predicted molar refractivity (Wildman–Crippen MR) is 121 cm³/mol. The summed E-state index contributed by atoms with van der Waals surface area (Å²) < 4.78 is 10.2. The zero-order chi connectivity index (χ0) is 21.8. The minimum Gasteiger partial charge on any atom is -0.367 e. The molecule has 2 aromatic heterocycles. The maximum absolute atomic E-state index is 5.91. The highest BCUT2D eigenvalue weighted by Crippen LogP contribution is 2.29. The second-order valence-corrected chi connectivity index (χ2v) is 9.59. The molecule has 0 aliphatic carbocycles. The number of aryl methyl sites for hydroxylation is 2. The third kappa shape index (κ3) is 5.60. The van der Waals surface area contributed by atoms with Crippen LogP contribution in [0.5, 0.6) is 0 Å². The molecule has 8 nitrogen and oxygen atoms in total. The van der Waals surface area contributed by atoms with Crippen molar-refractivity contribution in [3.05, 3.63) is 22.5 Å². The predicted octanol–water partition coefficient (Wildman–Crippen LogP) is 3.74. The van der Waals surface area contributed by atoms with E-state index in [1.807, 2.05) is 13.8 Å². The SMILES string of the molecule is Cc1noc(N)c1CN1CCC(CCCC2CCN(Cc3c(C)noc3N)CC2)CC1. The van der Waals surface area contributed by atoms with E-state index in [2.05, 4.69) is 20.1 Å². The Hall–Kier alpha value is -2.06. The third-order valence-electron chi connectivity index (χ3n) is 7.43. The first kappa shape index (κ1) is 22.1. The molecule has 0 amide bonds. The lowest BCUT2D eigenvalue weighted by atomic mass is 9.86. The molecule has 2 saturated heterocycles. The Morgan fingerprint density at radius 1 is 0.742 bits per heavy atom. The van der Waals surface area contributed by atoms with Gasteiger partial charge in [0, 0.05) is 13.1 Å². The van der Waals surface area contributed by atoms with Crippen molar-refractivity contribution in [1.82, 2.24) is 20.1 Å². The van der Waals surface area contributed by atoms with Gasteiger partial charge in [0.1, 0.15) is 0 Å². The molecular weight excluding hydrogens is 392 g/mol. The number of likely N-dealkylation sites (tertiary alicyclic amines) is 2. The van der Waals surface area contributed by atoms with Crippen LogP contribution in [0.15, 0.2) is 9.05 Å². The van der Waals surface area contributed by atoms with Crippen LogP contribution >= 0.6 is 0 Å². The van der Waals surface area contributed by atoms with Gasteiger partial charge in [0.2, 0.25) is 11.8 Å². The maximum Gasteiger partial charge on any atom is 0.226 e. The van der Waals surface area contributed by atoms with Crippen molar-refractivity contribution < 1.29 is 9.05 Å². The molecule has 8 heteroatoms. The molecule has 4 rings (SSSR count). The number of nitrogens with two attached hydrogens (primary N) is 2. The van der Waals surface area contributed by atoms with Gasteiger partial charge in [-0.1, -0.05) is 29.6 Å². The highest BCUT2D eigenvalue weighted by molar-refractivity contribution is 5.38. The zero-order valence-corrected chi connectivity index (χ0v) is 19.1. The van der Waals surface area contributed by atoms with E-state index in [4.69, 9.17) is 20.5 Å². The van der Waals surface area contributed by atoms with Gasteiger partial charge in [0.15, 0.2) is 0 Å². The van der Waals surface area contributed by atoms with Crippen LogP contribution in [0.25, 0.3) is 0 Å². The molecule has 4 N–H and O–H groups in total. The summed E-state index contributed by atoms with van der Waals surface area (Å²) in [6, 6.07) is 0. The van der Waals surface area contributed by atoms with E-state index in [1.165, 1.54) is 44.9 Å². The molecule has 0 saturated carbocycles. The molecule has 0 atom stereocenters. The molecule has 2 fully saturated rings. The van der Waals surface area contributed by atoms with Crippen molar-refractivity contribution in [1.29, 1.82) is 0 Å². The minimum atomic E-state index is 0.478. The lowest BCUT2D eigenvalue weighted by Crippen LogP contribution is -2.34. The Morgan fingerprint density at radius 2 is 1.13 bits per heavy atom. The monoisotopic (exact) mass is 430 g/mol. The highest BCUT2D eigenvalue weighted by atomic mass is 16.5. The van der Waals surface area contributed by atoms with Crippen LogP contribution in [0.1, 0.15) is 67.5 Å². The molecule has 2 aliphatic rings. The number of anilines is 2. The van der Waals surface area contributed by atoms with Crippen LogP contribution in [0, 0.1) is 25.7 Å². The molecule has 0 aromatic carbocycles. The van der Waals surface area contributed by atoms with Crippen molar-refractivity contribution in [2.24, 2.45) is 11.8 Å². The smallest absolute Gasteiger partial charge is 0.226 e. The van der Waals surface area contributed by atoms with Gasteiger partial charge in [-0.25, -0.2) is 0 Å². The number of hydrogen-bond donors (Lipinski definition) is 2. The first-order valence-electron chi connectivity index (χ1n) is 11.9. The van der Waals surface area contributed by atoms with E-state index in [0.717, 1.165) is 73.6 Å². The largest absolute Gasteiger partial charge is 0.367 e. The average Bonchev–Trinajstić information content (AvgIpc) is 3.26. The number of piperidine rings is 2. The summed E-state index contributed by atoms with van der Waals surface area (Å²) in [5.41, 5.74) is 15.8. The van der Waals surface area contributed by atoms with E-state index >= 15 is 0 Å². The summed E-state index contributed by atoms with van der Waals surface area (Å²) in [4.78, 5) is 4.98. The number of rotatable bonds is 8. The van der Waals surface area contributed by atoms with Crippen LogP contribution in [-0.4, -0.2) is 46.3 Å². The summed E-state index contributed by atoms with van der Waals surface area (Å²) >= 11 is 0. The minimum absolute atomic E-state index is 0.478. The molecule has 31 heavy (non-hydrogen) atoms. The fourth-order valence-electron chi connectivity index (χ4n) is 5.21. The topological polar surface area (TPSA) is 111 Å². The first-order chi connectivity index (χ1) is 15.0. The number of aromatic nitrogens is 2. The Morgan fingerprint density at radius 3 is 1.45 bits per heavy atom. The third-order valence-corrected chi connectivity index (χ3v) is 7.43. The number of nitrogen functional groups attached to an aromatic ring is 2. The molecule has 4 heterocycles. The molecule has 2 aromatic rings. The maximum atomic E-state index is 5.91. The Labute approximate surface area is 185 Å². The molecule has 0 radical (unpaired) electrons. The normalized spacial score (nSPS) is 19.9. The van der Waals surface area contributed by atoms with Gasteiger partial charge in [0.05, 0.1) is 22.5 Å². The van der Waals surface area contributed by atoms with Crippen molar-refractivity contribution in [3.63, 3.8) is 0 Å². The summed E-state index contributed by atoms with van der Waals surface area (Å²) in [6.07, 6.45) is 9.29. The van der Waals surface area contributed by atoms with E-state index in [9.17, 15) is 0 Å². The van der Waals surface area contributed by atoms with Crippen molar-refractivity contribution in [2.75, 3.05) is 37.6 Å². The second kappa shape index (κ2) is 10.0. The van der Waals surface area contributed by atoms with Gasteiger partial charge in [0.25, 0.3) is 0 Å². The van der Waals surface area contributed by atoms with Crippen molar-refractivity contribution in [2.45, 2.75) is 71.9 Å². The van der Waals surface area contributed by atoms with Gasteiger partial charge in [-0.3, -0.25) is 9.80 Å². The molecule has 172 valence electrons. The summed E-state index contributed by atoms with van der Waals surface area (Å²) in [7, 11) is 0. The highest BCUT2D eigenvalue weighted by Gasteiger charge is 2.24. The van der Waals surface area contributed by atoms with Gasteiger partial charge < -0.3 is 20.5 Å². The Kier molecular flexibility index (Phi) is 7.17. The van der Waals surface area contributed by atoms with Crippen molar-refractivity contribution in [3.8, 4) is 0 Å². The van der Waals surface area contributed by atoms with Gasteiger partial charge in [-0.2, -0.15) is 0 Å². The van der Waals surface area contributed by atoms with E-state index < -0.39 is 0 Å². The zero-order valence-electron chi connectivity index (χ0n) is 19.1. The first-order valence-corrected chi connectivity index (χ1v) is 11.9. The van der Waals surface area contributed by atoms with Crippen LogP contribution in [0.4, 0.5) is 11.8 Å². The van der Waals surface area contributed by atoms with E-state index in [-0.39, 0.29) is 0 Å². The van der Waals surface area contributed by atoms with Crippen LogP contribution in [0.3, 0.4) is 0 Å². The van der Waals surface area contributed by atoms with Crippen LogP contribution in [0.2, 0.25) is 0 Å². The fourth-order valence-corrected chi connectivity index (χ4v) is 5.21. The summed E-state index contributed by atoms with van der Waals surface area (Å²) in [5.74, 6) is 2.70. The number of nitrogens with zero attached hydrogens (tertiary/aromatic N) is 4. The van der Waals surface area contributed by atoms with Gasteiger partial charge >= 0.3 is 0 Å². The molecule has 0 spiro atoms. The van der Waals surface area contributed by atoms with E-state index in [0.29, 0.717) is 11.8 Å². The van der Waals surface area contributed by atoms with Gasteiger partial charge in [-0.05, 0) is 77.5 Å². The van der Waals surface area contributed by atoms with Crippen molar-refractivity contribution >= 4 is 11.8 Å². The second-order valence-electron chi connectivity index (χ2n) is 9.59. The molecular formula is C23H38N6O2. The molecule has 2 aliphatic heterocycles. The lowest BCUT2D eigenvalue weighted by molar-refractivity contribution is 0.156. The lowest BCUT2D eigenvalue weighted by Gasteiger charge is -2.33. The Balaban J connectivity index is 1.10.